The second-order valence-electron chi connectivity index (χ2n) is 15.2. The minimum Gasteiger partial charge on any atom is -0.509 e. The molecule has 10 rings (SSSR count). The van der Waals surface area contributed by atoms with E-state index in [4.69, 9.17) is 9.72 Å². The van der Waals surface area contributed by atoms with E-state index in [-0.39, 0.29) is 26.5 Å². The minimum atomic E-state index is -0.125. The molecule has 0 spiro atoms. The predicted octanol–water partition coefficient (Wildman–Crippen LogP) is 11.9. The first-order valence-corrected chi connectivity index (χ1v) is 18.3. The van der Waals surface area contributed by atoms with Gasteiger partial charge in [-0.3, -0.25) is 0 Å². The first-order valence-electron chi connectivity index (χ1n) is 18.3. The molecule has 0 saturated heterocycles. The summed E-state index contributed by atoms with van der Waals surface area (Å²) in [6.07, 6.45) is 2.00. The Morgan fingerprint density at radius 1 is 0.618 bits per heavy atom. The van der Waals surface area contributed by atoms with Gasteiger partial charge in [-0.25, -0.2) is 4.98 Å². The number of hydrogen-bond acceptors (Lipinski definition) is 4. The Kier molecular flexibility index (Phi) is 8.36. The van der Waals surface area contributed by atoms with Crippen molar-refractivity contribution in [1.82, 2.24) is 14.1 Å². The van der Waals surface area contributed by atoms with Gasteiger partial charge in [0.15, 0.2) is 0 Å². The summed E-state index contributed by atoms with van der Waals surface area (Å²) >= 11 is 0. The molecule has 0 saturated carbocycles. The zero-order valence-corrected chi connectivity index (χ0v) is 33.5. The Morgan fingerprint density at radius 3 is 2.13 bits per heavy atom. The van der Waals surface area contributed by atoms with E-state index < -0.39 is 0 Å². The summed E-state index contributed by atoms with van der Waals surface area (Å²) in [7, 11) is 4.21. The number of para-hydroxylation sites is 2. The van der Waals surface area contributed by atoms with Gasteiger partial charge in [0.2, 0.25) is 0 Å². The summed E-state index contributed by atoms with van der Waals surface area (Å²) in [6.45, 7) is 8.81. The van der Waals surface area contributed by atoms with Crippen LogP contribution in [0.15, 0.2) is 134 Å². The number of nitrogens with zero attached hydrogens (tertiary/aromatic N) is 5. The minimum absolute atomic E-state index is 0. The first-order chi connectivity index (χ1) is 26.2. The topological polar surface area (TPSA) is 38.5 Å². The molecule has 7 heteroatoms. The number of ether oxygens (including phenoxy) is 1. The number of rotatable bonds is 5. The van der Waals surface area contributed by atoms with E-state index in [0.717, 1.165) is 61.2 Å². The van der Waals surface area contributed by atoms with Crippen LogP contribution in [-0.2, 0) is 33.5 Å². The monoisotopic (exact) mass is 895 g/mol. The molecule has 6 nitrogen and oxygen atoms in total. The Hall–Kier alpha value is -5.84. The van der Waals surface area contributed by atoms with Crippen molar-refractivity contribution in [3.8, 4) is 28.4 Å². The molecule has 3 aromatic heterocycles. The molecule has 1 aliphatic rings. The number of aryl methyl sites for hydroxylation is 1. The number of anilines is 3. The molecule has 0 unspecified atom stereocenters. The van der Waals surface area contributed by atoms with Crippen molar-refractivity contribution in [3.63, 3.8) is 0 Å². The molecular weight excluding hydrogens is 858 g/mol. The second kappa shape index (κ2) is 13.2. The summed E-state index contributed by atoms with van der Waals surface area (Å²) in [6, 6.07) is 52.0. The molecule has 0 atom stereocenters. The molecule has 0 fully saturated rings. The molecule has 0 bridgehead atoms. The van der Waals surface area contributed by atoms with E-state index in [0.29, 0.717) is 11.5 Å². The molecule has 274 valence electrons. The van der Waals surface area contributed by atoms with Crippen molar-refractivity contribution in [1.29, 1.82) is 0 Å². The van der Waals surface area contributed by atoms with Crippen LogP contribution in [0.1, 0.15) is 26.3 Å². The van der Waals surface area contributed by atoms with E-state index in [1.54, 1.807) is 0 Å². The van der Waals surface area contributed by atoms with Crippen LogP contribution in [-0.4, -0.2) is 21.2 Å². The number of benzene rings is 6. The molecular formula is C48H38N5OPt-3. The molecule has 55 heavy (non-hydrogen) atoms. The SMILES string of the molecule is CN1[CH-]N(c2[c-]c(Oc3[c-]c4c(cc3)c3ccccc3n4-c3cc4c(cn3)c3ccccc3n4C)cc(C(C)(C)C)c2)c2ccc(-c3ccccc3)cc21.[Pt]. The number of pyridine rings is 1. The van der Waals surface area contributed by atoms with E-state index in [9.17, 15) is 0 Å². The average Bonchev–Trinajstić information content (AvgIpc) is 3.80. The maximum absolute atomic E-state index is 6.73. The Bertz CT molecular complexity index is 2920. The van der Waals surface area contributed by atoms with Gasteiger partial charge >= 0.3 is 0 Å². The van der Waals surface area contributed by atoms with Crippen LogP contribution in [0.4, 0.5) is 17.1 Å². The van der Waals surface area contributed by atoms with Crippen LogP contribution in [0.3, 0.4) is 0 Å². The van der Waals surface area contributed by atoms with Crippen LogP contribution in [0.5, 0.6) is 11.5 Å². The first kappa shape index (κ1) is 34.9. The van der Waals surface area contributed by atoms with E-state index in [1.807, 2.05) is 12.3 Å². The van der Waals surface area contributed by atoms with Crippen LogP contribution < -0.4 is 14.5 Å². The molecule has 0 N–H and O–H groups in total. The predicted molar refractivity (Wildman–Crippen MR) is 222 cm³/mol. The number of hydrogen-bond donors (Lipinski definition) is 0. The van der Waals surface area contributed by atoms with Crippen molar-refractivity contribution >= 4 is 60.7 Å². The van der Waals surface area contributed by atoms with Gasteiger partial charge in [-0.15, -0.1) is 47.0 Å². The van der Waals surface area contributed by atoms with E-state index >= 15 is 0 Å². The fraction of sp³-hybridized carbons (Fsp3) is 0.125. The summed E-state index contributed by atoms with van der Waals surface area (Å²) in [5.41, 5.74) is 10.8. The summed E-state index contributed by atoms with van der Waals surface area (Å²) in [5.74, 6) is 2.08. The largest absolute Gasteiger partial charge is 0.509 e. The number of fused-ring (bicyclic) bond motifs is 7. The molecule has 1 aliphatic heterocycles. The molecule has 0 amide bonds. The number of aromatic nitrogens is 3. The van der Waals surface area contributed by atoms with Gasteiger partial charge in [0, 0.05) is 85.1 Å². The standard InChI is InChI=1S/C48H38N5O.Pt/c1-48(2,3)33-24-34(52-30-50(4)46-23-32(19-22-43(46)52)31-13-7-6-8-14-31)26-36(25-33)54-35-20-21-39-37-15-10-12-18-42(37)53(45(39)27-35)47-28-44-40(29-49-47)38-16-9-11-17-41(38)51(44)5;/h6-25,28-30H,1-5H3;/q-3;. The summed E-state index contributed by atoms with van der Waals surface area (Å²) in [5, 5.41) is 4.56. The van der Waals surface area contributed by atoms with Crippen molar-refractivity contribution < 1.29 is 25.8 Å². The third-order valence-corrected chi connectivity index (χ3v) is 10.8. The second-order valence-corrected chi connectivity index (χ2v) is 15.2. The Morgan fingerprint density at radius 2 is 1.35 bits per heavy atom. The zero-order valence-electron chi connectivity index (χ0n) is 31.2. The van der Waals surface area contributed by atoms with Gasteiger partial charge in [-0.05, 0) is 53.2 Å². The van der Waals surface area contributed by atoms with E-state index in [2.05, 4.69) is 194 Å². The van der Waals surface area contributed by atoms with Gasteiger partial charge in [-0.1, -0.05) is 99.1 Å². The average molecular weight is 896 g/mol. The van der Waals surface area contributed by atoms with Gasteiger partial charge < -0.3 is 23.7 Å². The fourth-order valence-corrected chi connectivity index (χ4v) is 7.91. The van der Waals surface area contributed by atoms with Crippen molar-refractivity contribution in [2.75, 3.05) is 16.8 Å². The van der Waals surface area contributed by atoms with Gasteiger partial charge in [0.1, 0.15) is 5.82 Å². The quantitative estimate of drug-likeness (QED) is 0.161. The van der Waals surface area contributed by atoms with Gasteiger partial charge in [0.05, 0.1) is 5.52 Å². The Labute approximate surface area is 335 Å². The van der Waals surface area contributed by atoms with Crippen molar-refractivity contribution in [2.45, 2.75) is 26.2 Å². The van der Waals surface area contributed by atoms with Crippen molar-refractivity contribution in [3.05, 3.63) is 158 Å². The maximum atomic E-state index is 6.73. The Balaban J connectivity index is 0.00000397. The van der Waals surface area contributed by atoms with Gasteiger partial charge in [0.25, 0.3) is 0 Å². The van der Waals surface area contributed by atoms with Crippen LogP contribution in [0.2, 0.25) is 0 Å². The van der Waals surface area contributed by atoms with Crippen LogP contribution in [0.25, 0.3) is 60.6 Å². The van der Waals surface area contributed by atoms with Crippen LogP contribution >= 0.6 is 0 Å². The van der Waals surface area contributed by atoms with Gasteiger partial charge in [-0.2, -0.15) is 12.7 Å². The molecule has 4 heterocycles. The van der Waals surface area contributed by atoms with Crippen LogP contribution in [0, 0.1) is 18.8 Å². The molecule has 6 aromatic carbocycles. The zero-order chi connectivity index (χ0) is 36.7. The summed E-state index contributed by atoms with van der Waals surface area (Å²) in [4.78, 5) is 9.41. The smallest absolute Gasteiger partial charge is 0.137 e. The molecule has 0 aliphatic carbocycles. The third-order valence-electron chi connectivity index (χ3n) is 10.8. The normalized spacial score (nSPS) is 12.9. The maximum Gasteiger partial charge on any atom is 0.137 e. The van der Waals surface area contributed by atoms with E-state index in [1.165, 1.54) is 22.0 Å². The fourth-order valence-electron chi connectivity index (χ4n) is 7.91. The molecule has 9 aromatic rings. The third kappa shape index (κ3) is 5.79. The molecule has 0 radical (unpaired) electrons. The summed E-state index contributed by atoms with van der Waals surface area (Å²) < 4.78 is 11.2. The van der Waals surface area contributed by atoms with Crippen molar-refractivity contribution in [2.24, 2.45) is 7.05 Å².